The molecule has 8 nitrogen and oxygen atoms in total. The Kier molecular flexibility index (Phi) is 6.20. The zero-order valence-corrected chi connectivity index (χ0v) is 16.5. The van der Waals surface area contributed by atoms with Crippen molar-refractivity contribution in [1.82, 2.24) is 14.6 Å². The Morgan fingerprint density at radius 2 is 1.79 bits per heavy atom. The topological polar surface area (TPSA) is 87.3 Å². The second-order valence-corrected chi connectivity index (χ2v) is 6.40. The van der Waals surface area contributed by atoms with Crippen molar-refractivity contribution in [3.63, 3.8) is 0 Å². The van der Waals surface area contributed by atoms with Crippen molar-refractivity contribution in [2.24, 2.45) is 0 Å². The second-order valence-electron chi connectivity index (χ2n) is 6.40. The van der Waals surface area contributed by atoms with Crippen LogP contribution >= 0.6 is 0 Å². The second kappa shape index (κ2) is 8.79. The summed E-state index contributed by atoms with van der Waals surface area (Å²) in [6, 6.07) is 7.35. The maximum absolute atomic E-state index is 9.54. The number of rotatable bonds is 9. The highest BCUT2D eigenvalue weighted by molar-refractivity contribution is 5.53. The Hall–Kier alpha value is -3.00. The van der Waals surface area contributed by atoms with Gasteiger partial charge in [-0.1, -0.05) is 0 Å². The summed E-state index contributed by atoms with van der Waals surface area (Å²) in [4.78, 5) is 4.55. The van der Waals surface area contributed by atoms with Crippen LogP contribution in [-0.2, 0) is 13.0 Å². The number of aliphatic hydroxyl groups is 1. The molecule has 2 heterocycles. The van der Waals surface area contributed by atoms with E-state index >= 15 is 0 Å². The van der Waals surface area contributed by atoms with E-state index in [9.17, 15) is 5.11 Å². The SMILES string of the molecule is COc1cc(COc2cc(CCC(C)O)nc3ccnn23)cc(OC)c1OC. The van der Waals surface area contributed by atoms with Gasteiger partial charge in [-0.15, -0.1) is 0 Å². The van der Waals surface area contributed by atoms with E-state index in [0.717, 1.165) is 11.3 Å². The first-order valence-corrected chi connectivity index (χ1v) is 8.99. The van der Waals surface area contributed by atoms with Crippen LogP contribution in [0.25, 0.3) is 5.65 Å². The zero-order valence-electron chi connectivity index (χ0n) is 16.5. The van der Waals surface area contributed by atoms with Crippen molar-refractivity contribution in [1.29, 1.82) is 0 Å². The molecule has 1 unspecified atom stereocenters. The summed E-state index contributed by atoms with van der Waals surface area (Å²) >= 11 is 0. The molecule has 2 aromatic heterocycles. The minimum atomic E-state index is -0.383. The highest BCUT2D eigenvalue weighted by atomic mass is 16.5. The summed E-state index contributed by atoms with van der Waals surface area (Å²) in [6.07, 6.45) is 2.57. The Bertz CT molecular complexity index is 914. The fourth-order valence-corrected chi connectivity index (χ4v) is 2.90. The number of aliphatic hydroxyl groups excluding tert-OH is 1. The highest BCUT2D eigenvalue weighted by Gasteiger charge is 2.14. The lowest BCUT2D eigenvalue weighted by Gasteiger charge is -2.15. The van der Waals surface area contributed by atoms with E-state index in [0.29, 0.717) is 41.6 Å². The van der Waals surface area contributed by atoms with Crippen LogP contribution in [0.3, 0.4) is 0 Å². The molecule has 0 saturated carbocycles. The molecule has 0 fully saturated rings. The van der Waals surface area contributed by atoms with E-state index in [1.165, 1.54) is 0 Å². The lowest BCUT2D eigenvalue weighted by atomic mass is 10.1. The fraction of sp³-hybridized carbons (Fsp3) is 0.400. The normalized spacial score (nSPS) is 12.0. The summed E-state index contributed by atoms with van der Waals surface area (Å²) in [6.45, 7) is 2.05. The predicted molar refractivity (Wildman–Crippen MR) is 103 cm³/mol. The van der Waals surface area contributed by atoms with Crippen LogP contribution in [0.15, 0.2) is 30.5 Å². The number of hydrogen-bond donors (Lipinski definition) is 1. The van der Waals surface area contributed by atoms with E-state index in [-0.39, 0.29) is 12.7 Å². The number of benzene rings is 1. The average Bonchev–Trinajstić information content (AvgIpc) is 3.18. The van der Waals surface area contributed by atoms with E-state index in [4.69, 9.17) is 18.9 Å². The van der Waals surface area contributed by atoms with Gasteiger partial charge in [-0.2, -0.15) is 9.61 Å². The number of nitrogens with zero attached hydrogens (tertiary/aromatic N) is 3. The van der Waals surface area contributed by atoms with Crippen molar-refractivity contribution in [3.05, 3.63) is 41.7 Å². The number of aryl methyl sites for hydroxylation is 1. The molecule has 28 heavy (non-hydrogen) atoms. The van der Waals surface area contributed by atoms with Crippen LogP contribution in [-0.4, -0.2) is 47.1 Å². The number of hydrogen-bond acceptors (Lipinski definition) is 7. The molecule has 1 atom stereocenters. The van der Waals surface area contributed by atoms with E-state index in [1.807, 2.05) is 24.3 Å². The van der Waals surface area contributed by atoms with Gasteiger partial charge in [-0.25, -0.2) is 4.98 Å². The molecule has 1 N–H and O–H groups in total. The molecule has 0 aliphatic carbocycles. The first kappa shape index (κ1) is 19.8. The van der Waals surface area contributed by atoms with Crippen LogP contribution in [0.4, 0.5) is 0 Å². The molecule has 1 aromatic carbocycles. The van der Waals surface area contributed by atoms with Gasteiger partial charge in [0.15, 0.2) is 17.1 Å². The Balaban J connectivity index is 1.86. The highest BCUT2D eigenvalue weighted by Crippen LogP contribution is 2.38. The summed E-state index contributed by atoms with van der Waals surface area (Å²) < 4.78 is 23.8. The minimum absolute atomic E-state index is 0.283. The van der Waals surface area contributed by atoms with Crippen LogP contribution in [0.5, 0.6) is 23.1 Å². The number of ether oxygens (including phenoxy) is 4. The number of aromatic nitrogens is 3. The molecule has 0 aliphatic heterocycles. The molecule has 0 saturated heterocycles. The Morgan fingerprint density at radius 3 is 2.39 bits per heavy atom. The van der Waals surface area contributed by atoms with Gasteiger partial charge < -0.3 is 24.1 Å². The zero-order chi connectivity index (χ0) is 20.1. The van der Waals surface area contributed by atoms with Gasteiger partial charge in [0.05, 0.1) is 33.6 Å². The summed E-state index contributed by atoms with van der Waals surface area (Å²) in [5, 5.41) is 13.8. The minimum Gasteiger partial charge on any atom is -0.493 e. The quantitative estimate of drug-likeness (QED) is 0.604. The van der Waals surface area contributed by atoms with Crippen molar-refractivity contribution >= 4 is 5.65 Å². The van der Waals surface area contributed by atoms with Gasteiger partial charge in [0.1, 0.15) is 6.61 Å². The van der Waals surface area contributed by atoms with Gasteiger partial charge in [0.25, 0.3) is 0 Å². The molecule has 3 aromatic rings. The molecule has 0 amide bonds. The lowest BCUT2D eigenvalue weighted by Crippen LogP contribution is -2.07. The summed E-state index contributed by atoms with van der Waals surface area (Å²) in [7, 11) is 4.72. The predicted octanol–water partition coefficient (Wildman–Crippen LogP) is 2.65. The van der Waals surface area contributed by atoms with Crippen molar-refractivity contribution < 1.29 is 24.1 Å². The van der Waals surface area contributed by atoms with Crippen molar-refractivity contribution in [3.8, 4) is 23.1 Å². The molecule has 150 valence electrons. The van der Waals surface area contributed by atoms with Crippen LogP contribution in [0.1, 0.15) is 24.6 Å². The molecular formula is C20H25N3O5. The van der Waals surface area contributed by atoms with Gasteiger partial charge >= 0.3 is 0 Å². The third kappa shape index (κ3) is 4.28. The molecule has 0 aliphatic rings. The van der Waals surface area contributed by atoms with Crippen LogP contribution in [0.2, 0.25) is 0 Å². The number of fused-ring (bicyclic) bond motifs is 1. The first-order valence-electron chi connectivity index (χ1n) is 8.99. The maximum Gasteiger partial charge on any atom is 0.218 e. The summed E-state index contributed by atoms with van der Waals surface area (Å²) in [5.74, 6) is 2.24. The molecule has 0 spiro atoms. The van der Waals surface area contributed by atoms with Gasteiger partial charge in [0, 0.05) is 17.8 Å². The standard InChI is InChI=1S/C20H25N3O5/c1-13(24)5-6-15-11-19(23-18(22-15)7-8-21-23)28-12-14-9-16(25-2)20(27-4)17(10-14)26-3/h7-11,13,24H,5-6,12H2,1-4H3. The van der Waals surface area contributed by atoms with Crippen LogP contribution < -0.4 is 18.9 Å². The molecule has 8 heteroatoms. The molecule has 0 radical (unpaired) electrons. The van der Waals surface area contributed by atoms with Gasteiger partial charge in [-0.05, 0) is 37.5 Å². The van der Waals surface area contributed by atoms with E-state index < -0.39 is 0 Å². The van der Waals surface area contributed by atoms with Gasteiger partial charge in [0.2, 0.25) is 11.6 Å². The van der Waals surface area contributed by atoms with Gasteiger partial charge in [-0.3, -0.25) is 0 Å². The fourth-order valence-electron chi connectivity index (χ4n) is 2.90. The smallest absolute Gasteiger partial charge is 0.218 e. The largest absolute Gasteiger partial charge is 0.493 e. The third-order valence-corrected chi connectivity index (χ3v) is 4.31. The first-order chi connectivity index (χ1) is 13.5. The number of methoxy groups -OCH3 is 3. The maximum atomic E-state index is 9.54. The average molecular weight is 387 g/mol. The Morgan fingerprint density at radius 1 is 1.07 bits per heavy atom. The molecule has 0 bridgehead atoms. The van der Waals surface area contributed by atoms with Crippen LogP contribution in [0, 0.1) is 0 Å². The summed E-state index contributed by atoms with van der Waals surface area (Å²) in [5.41, 5.74) is 2.40. The molecular weight excluding hydrogens is 362 g/mol. The van der Waals surface area contributed by atoms with E-state index in [2.05, 4.69) is 10.1 Å². The lowest BCUT2D eigenvalue weighted by molar-refractivity contribution is 0.184. The third-order valence-electron chi connectivity index (χ3n) is 4.31. The van der Waals surface area contributed by atoms with Crippen molar-refractivity contribution in [2.45, 2.75) is 32.5 Å². The Labute approximate surface area is 163 Å². The molecule has 3 rings (SSSR count). The van der Waals surface area contributed by atoms with Crippen molar-refractivity contribution in [2.75, 3.05) is 21.3 Å². The van der Waals surface area contributed by atoms with E-state index in [1.54, 1.807) is 39.0 Å². The monoisotopic (exact) mass is 387 g/mol.